The van der Waals surface area contributed by atoms with Crippen LogP contribution in [0.1, 0.15) is 10.9 Å². The third-order valence-electron chi connectivity index (χ3n) is 3.90. The fourth-order valence-corrected chi connectivity index (χ4v) is 3.60. The summed E-state index contributed by atoms with van der Waals surface area (Å²) >= 11 is 1.56. The van der Waals surface area contributed by atoms with E-state index >= 15 is 0 Å². The molecule has 0 aliphatic carbocycles. The molecule has 0 saturated carbocycles. The number of methoxy groups -OCH3 is 1. The number of rotatable bonds is 7. The Kier molecular flexibility index (Phi) is 4.90. The number of fused-ring (bicyclic) bond motifs is 1. The summed E-state index contributed by atoms with van der Waals surface area (Å²) in [6, 6.07) is 12.8. The Morgan fingerprint density at radius 1 is 1.18 bits per heavy atom. The van der Waals surface area contributed by atoms with E-state index in [1.54, 1.807) is 42.7 Å². The van der Waals surface area contributed by atoms with Crippen LogP contribution in [0.25, 0.3) is 21.7 Å². The first-order valence-corrected chi connectivity index (χ1v) is 9.20. The average Bonchev–Trinajstić information content (AvgIpc) is 3.33. The number of para-hydroxylation sites is 1. The van der Waals surface area contributed by atoms with Gasteiger partial charge in [-0.1, -0.05) is 6.07 Å². The maximum Gasteiger partial charge on any atom is 0.255 e. The van der Waals surface area contributed by atoms with Crippen LogP contribution in [-0.2, 0) is 11.2 Å². The molecule has 2 heterocycles. The molecule has 0 unspecified atom stereocenters. The van der Waals surface area contributed by atoms with Gasteiger partial charge < -0.3 is 19.6 Å². The first-order valence-electron chi connectivity index (χ1n) is 8.38. The lowest BCUT2D eigenvalue weighted by Gasteiger charge is -2.03. The van der Waals surface area contributed by atoms with Crippen LogP contribution < -0.4 is 15.2 Å². The topological polar surface area (TPSA) is 113 Å². The number of nitrogens with two attached hydrogens (primary N) is 1. The second-order valence-corrected chi connectivity index (χ2v) is 6.99. The molecule has 28 heavy (non-hydrogen) atoms. The number of primary amides is 1. The van der Waals surface area contributed by atoms with Gasteiger partial charge in [0.25, 0.3) is 5.91 Å². The lowest BCUT2D eigenvalue weighted by Crippen LogP contribution is -2.19. The minimum Gasteiger partial charge on any atom is -0.494 e. The van der Waals surface area contributed by atoms with Crippen molar-refractivity contribution in [3.05, 3.63) is 53.4 Å². The van der Waals surface area contributed by atoms with E-state index in [0.717, 1.165) is 26.5 Å². The molecule has 2 N–H and O–H groups in total. The molecule has 4 aromatic rings. The van der Waals surface area contributed by atoms with Crippen LogP contribution in [0.3, 0.4) is 0 Å². The summed E-state index contributed by atoms with van der Waals surface area (Å²) in [5.74, 6) is 1.62. The van der Waals surface area contributed by atoms with E-state index in [0.29, 0.717) is 24.0 Å². The van der Waals surface area contributed by atoms with Gasteiger partial charge in [0.1, 0.15) is 22.0 Å². The highest BCUT2D eigenvalue weighted by Gasteiger charge is 2.14. The Labute approximate surface area is 163 Å². The summed E-state index contributed by atoms with van der Waals surface area (Å²) in [5, 5.41) is 9.07. The van der Waals surface area contributed by atoms with Crippen LogP contribution in [-0.4, -0.2) is 34.8 Å². The van der Waals surface area contributed by atoms with E-state index in [4.69, 9.17) is 19.6 Å². The fraction of sp³-hybridized carbons (Fsp3) is 0.158. The van der Waals surface area contributed by atoms with Gasteiger partial charge >= 0.3 is 0 Å². The average molecular weight is 396 g/mol. The molecular formula is C19H16N4O4S. The van der Waals surface area contributed by atoms with Gasteiger partial charge in [-0.15, -0.1) is 21.5 Å². The number of benzene rings is 2. The number of aromatic nitrogens is 3. The van der Waals surface area contributed by atoms with Crippen molar-refractivity contribution in [3.8, 4) is 23.0 Å². The van der Waals surface area contributed by atoms with Gasteiger partial charge in [-0.3, -0.25) is 4.79 Å². The van der Waals surface area contributed by atoms with E-state index in [1.165, 1.54) is 0 Å². The fourth-order valence-electron chi connectivity index (χ4n) is 2.63. The third-order valence-corrected chi connectivity index (χ3v) is 4.92. The second kappa shape index (κ2) is 7.65. The molecular weight excluding hydrogens is 380 g/mol. The quantitative estimate of drug-likeness (QED) is 0.511. The predicted molar refractivity (Wildman–Crippen MR) is 103 cm³/mol. The molecule has 2 aromatic heterocycles. The minimum atomic E-state index is -0.530. The highest BCUT2D eigenvalue weighted by atomic mass is 32.1. The van der Waals surface area contributed by atoms with E-state index in [-0.39, 0.29) is 6.61 Å². The molecule has 4 rings (SSSR count). The highest BCUT2D eigenvalue weighted by Crippen LogP contribution is 2.30. The first kappa shape index (κ1) is 17.9. The summed E-state index contributed by atoms with van der Waals surface area (Å²) in [7, 11) is 1.63. The number of amides is 1. The number of hydrogen-bond acceptors (Lipinski definition) is 8. The van der Waals surface area contributed by atoms with Gasteiger partial charge in [0.2, 0.25) is 11.8 Å². The number of ether oxygens (including phenoxy) is 2. The Morgan fingerprint density at radius 2 is 2.00 bits per heavy atom. The number of carbonyl (C=O) groups is 1. The number of thiazole rings is 1. The van der Waals surface area contributed by atoms with Gasteiger partial charge in [0.15, 0.2) is 6.61 Å². The molecule has 9 heteroatoms. The second-order valence-electron chi connectivity index (χ2n) is 5.87. The Bertz CT molecular complexity index is 1120. The Morgan fingerprint density at radius 3 is 2.75 bits per heavy atom. The normalized spacial score (nSPS) is 10.9. The Hall–Kier alpha value is -3.46. The standard InChI is InChI=1S/C19H16N4O4S/c1-25-13-3-2-4-14-18(13)21-17(28-14)9-16-22-23-19(27-16)11-5-7-12(8-6-11)26-10-15(20)24/h2-8H,9-10H2,1H3,(H2,20,24). The minimum absolute atomic E-state index is 0.170. The third kappa shape index (κ3) is 3.79. The smallest absolute Gasteiger partial charge is 0.255 e. The van der Waals surface area contributed by atoms with Gasteiger partial charge in [0, 0.05) is 5.56 Å². The monoisotopic (exact) mass is 396 g/mol. The van der Waals surface area contributed by atoms with Gasteiger partial charge in [-0.25, -0.2) is 4.98 Å². The van der Waals surface area contributed by atoms with E-state index in [9.17, 15) is 4.79 Å². The Balaban J connectivity index is 1.49. The lowest BCUT2D eigenvalue weighted by molar-refractivity contribution is -0.119. The van der Waals surface area contributed by atoms with Crippen molar-refractivity contribution in [3.63, 3.8) is 0 Å². The van der Waals surface area contributed by atoms with Crippen molar-refractivity contribution in [1.29, 1.82) is 0 Å². The maximum atomic E-state index is 10.8. The van der Waals surface area contributed by atoms with Crippen LogP contribution >= 0.6 is 11.3 Å². The SMILES string of the molecule is COc1cccc2sc(Cc3nnc(-c4ccc(OCC(N)=O)cc4)o3)nc12. The zero-order valence-corrected chi connectivity index (χ0v) is 15.7. The molecule has 0 spiro atoms. The summed E-state index contributed by atoms with van der Waals surface area (Å²) in [4.78, 5) is 15.4. The van der Waals surface area contributed by atoms with Gasteiger partial charge in [-0.05, 0) is 36.4 Å². The molecule has 0 fully saturated rings. The zero-order valence-electron chi connectivity index (χ0n) is 14.9. The maximum absolute atomic E-state index is 10.8. The van der Waals surface area contributed by atoms with Crippen LogP contribution in [0, 0.1) is 0 Å². The molecule has 142 valence electrons. The molecule has 0 aliphatic rings. The van der Waals surface area contributed by atoms with E-state index in [2.05, 4.69) is 15.2 Å². The highest BCUT2D eigenvalue weighted by molar-refractivity contribution is 7.18. The van der Waals surface area contributed by atoms with Gasteiger partial charge in [0.05, 0.1) is 18.2 Å². The molecule has 2 aromatic carbocycles. The van der Waals surface area contributed by atoms with E-state index in [1.807, 2.05) is 18.2 Å². The zero-order chi connectivity index (χ0) is 19.5. The predicted octanol–water partition coefficient (Wildman–Crippen LogP) is 2.81. The molecule has 8 nitrogen and oxygen atoms in total. The van der Waals surface area contributed by atoms with Crippen molar-refractivity contribution in [1.82, 2.24) is 15.2 Å². The van der Waals surface area contributed by atoms with Crippen molar-refractivity contribution >= 4 is 27.5 Å². The summed E-state index contributed by atoms with van der Waals surface area (Å²) in [6.07, 6.45) is 0.440. The molecule has 0 radical (unpaired) electrons. The number of carbonyl (C=O) groups excluding carboxylic acids is 1. The van der Waals surface area contributed by atoms with Crippen LogP contribution in [0.5, 0.6) is 11.5 Å². The largest absolute Gasteiger partial charge is 0.494 e. The number of hydrogen-bond donors (Lipinski definition) is 1. The molecule has 0 atom stereocenters. The molecule has 0 bridgehead atoms. The van der Waals surface area contributed by atoms with Crippen LogP contribution in [0.4, 0.5) is 0 Å². The van der Waals surface area contributed by atoms with Crippen molar-refractivity contribution in [2.24, 2.45) is 5.73 Å². The van der Waals surface area contributed by atoms with E-state index < -0.39 is 5.91 Å². The van der Waals surface area contributed by atoms with Crippen molar-refractivity contribution in [2.45, 2.75) is 6.42 Å². The summed E-state index contributed by atoms with van der Waals surface area (Å²) < 4.78 is 17.4. The van der Waals surface area contributed by atoms with Gasteiger partial charge in [-0.2, -0.15) is 0 Å². The van der Waals surface area contributed by atoms with Crippen LogP contribution in [0.2, 0.25) is 0 Å². The summed E-state index contributed by atoms with van der Waals surface area (Å²) in [5.41, 5.74) is 6.64. The first-order chi connectivity index (χ1) is 13.6. The van der Waals surface area contributed by atoms with Crippen LogP contribution in [0.15, 0.2) is 46.9 Å². The van der Waals surface area contributed by atoms with Crippen molar-refractivity contribution in [2.75, 3.05) is 13.7 Å². The number of nitrogens with zero attached hydrogens (tertiary/aromatic N) is 3. The summed E-state index contributed by atoms with van der Waals surface area (Å²) in [6.45, 7) is -0.170. The molecule has 0 aliphatic heterocycles. The van der Waals surface area contributed by atoms with Crippen molar-refractivity contribution < 1.29 is 18.7 Å². The lowest BCUT2D eigenvalue weighted by atomic mass is 10.2. The molecule has 1 amide bonds. The molecule has 0 saturated heterocycles.